The van der Waals surface area contributed by atoms with Crippen molar-refractivity contribution in [2.45, 2.75) is 51.0 Å². The third kappa shape index (κ3) is 3.13. The van der Waals surface area contributed by atoms with Crippen LogP contribution in [-0.2, 0) is 11.2 Å². The molecule has 6 heteroatoms. The van der Waals surface area contributed by atoms with Crippen LogP contribution < -0.4 is 4.74 Å². The number of hydrogen-bond acceptors (Lipinski definition) is 5. The lowest BCUT2D eigenvalue weighted by atomic mass is 9.96. The van der Waals surface area contributed by atoms with Crippen molar-refractivity contribution in [1.82, 2.24) is 15.0 Å². The summed E-state index contributed by atoms with van der Waals surface area (Å²) in [7, 11) is 0. The van der Waals surface area contributed by atoms with Crippen LogP contribution in [0.3, 0.4) is 0 Å². The number of hydrogen-bond donors (Lipinski definition) is 0. The summed E-state index contributed by atoms with van der Waals surface area (Å²) < 4.78 is 11.2. The molecule has 1 aromatic heterocycles. The Morgan fingerprint density at radius 3 is 2.92 bits per heavy atom. The van der Waals surface area contributed by atoms with E-state index in [1.54, 1.807) is 0 Å². The molecule has 0 N–H and O–H groups in total. The highest BCUT2D eigenvalue weighted by Gasteiger charge is 2.35. The van der Waals surface area contributed by atoms with Crippen LogP contribution in [-0.4, -0.2) is 40.1 Å². The second kappa shape index (κ2) is 6.50. The number of carbonyl (C=O) groups excluding carboxylic acids is 1. The number of rotatable bonds is 3. The van der Waals surface area contributed by atoms with Crippen LogP contribution in [0, 0.1) is 0 Å². The second-order valence-corrected chi connectivity index (χ2v) is 7.19. The molecule has 0 aliphatic carbocycles. The van der Waals surface area contributed by atoms with E-state index in [-0.39, 0.29) is 17.7 Å². The van der Waals surface area contributed by atoms with Crippen molar-refractivity contribution in [3.8, 4) is 5.75 Å². The third-order valence-electron chi connectivity index (χ3n) is 4.97. The first-order valence-corrected chi connectivity index (χ1v) is 8.98. The van der Waals surface area contributed by atoms with Crippen molar-refractivity contribution in [2.75, 3.05) is 13.1 Å². The number of benzene rings is 1. The zero-order valence-electron chi connectivity index (χ0n) is 14.6. The predicted molar refractivity (Wildman–Crippen MR) is 91.5 cm³/mol. The number of likely N-dealkylation sites (tertiary alicyclic amines) is 1. The van der Waals surface area contributed by atoms with E-state index < -0.39 is 6.10 Å². The predicted octanol–water partition coefficient (Wildman–Crippen LogP) is 2.90. The molecule has 2 aliphatic rings. The third-order valence-corrected chi connectivity index (χ3v) is 4.97. The van der Waals surface area contributed by atoms with Crippen molar-refractivity contribution in [3.63, 3.8) is 0 Å². The van der Waals surface area contributed by atoms with E-state index in [2.05, 4.69) is 10.1 Å². The molecule has 0 unspecified atom stereocenters. The van der Waals surface area contributed by atoms with Crippen LogP contribution >= 0.6 is 0 Å². The van der Waals surface area contributed by atoms with Gasteiger partial charge in [0, 0.05) is 31.3 Å². The molecule has 0 saturated carbocycles. The number of amides is 1. The van der Waals surface area contributed by atoms with Crippen LogP contribution in [0.15, 0.2) is 28.8 Å². The Bertz CT molecular complexity index is 746. The van der Waals surface area contributed by atoms with Gasteiger partial charge in [-0.1, -0.05) is 37.2 Å². The summed E-state index contributed by atoms with van der Waals surface area (Å²) in [5, 5.41) is 4.13. The van der Waals surface area contributed by atoms with Gasteiger partial charge in [0.2, 0.25) is 5.89 Å². The zero-order valence-corrected chi connectivity index (χ0v) is 14.6. The van der Waals surface area contributed by atoms with Crippen molar-refractivity contribution in [3.05, 3.63) is 41.5 Å². The van der Waals surface area contributed by atoms with E-state index in [9.17, 15) is 4.79 Å². The highest BCUT2D eigenvalue weighted by molar-refractivity contribution is 5.82. The monoisotopic (exact) mass is 341 g/mol. The Balaban J connectivity index is 1.43. The Labute approximate surface area is 147 Å². The molecule has 6 nitrogen and oxygen atoms in total. The van der Waals surface area contributed by atoms with Gasteiger partial charge < -0.3 is 14.2 Å². The molecular formula is C19H23N3O3. The number of nitrogens with zero attached hydrogens (tertiary/aromatic N) is 3. The first kappa shape index (κ1) is 16.1. The van der Waals surface area contributed by atoms with E-state index in [1.807, 2.05) is 43.0 Å². The topological polar surface area (TPSA) is 68.5 Å². The average Bonchev–Trinajstić information content (AvgIpc) is 3.28. The molecule has 2 atom stereocenters. The van der Waals surface area contributed by atoms with E-state index in [4.69, 9.17) is 9.26 Å². The largest absolute Gasteiger partial charge is 0.480 e. The minimum atomic E-state index is -0.410. The van der Waals surface area contributed by atoms with E-state index in [0.717, 1.165) is 36.5 Å². The van der Waals surface area contributed by atoms with Crippen molar-refractivity contribution in [2.24, 2.45) is 0 Å². The fraction of sp³-hybridized carbons (Fsp3) is 0.526. The summed E-state index contributed by atoms with van der Waals surface area (Å²) in [5.41, 5.74) is 1.11. The maximum Gasteiger partial charge on any atom is 0.264 e. The molecule has 25 heavy (non-hydrogen) atoms. The summed E-state index contributed by atoms with van der Waals surface area (Å²) in [4.78, 5) is 19.3. The minimum absolute atomic E-state index is 0.0634. The fourth-order valence-electron chi connectivity index (χ4n) is 3.56. The average molecular weight is 341 g/mol. The quantitative estimate of drug-likeness (QED) is 0.858. The van der Waals surface area contributed by atoms with Gasteiger partial charge in [0.25, 0.3) is 5.91 Å². The Morgan fingerprint density at radius 2 is 2.16 bits per heavy atom. The van der Waals surface area contributed by atoms with Crippen LogP contribution in [0.4, 0.5) is 0 Å². The number of carbonyl (C=O) groups is 1. The van der Waals surface area contributed by atoms with Gasteiger partial charge >= 0.3 is 0 Å². The standard InChI is InChI=1S/C19H23N3O3/c1-12(2)18-20-17(21-25-18)14-7-5-9-22(11-14)19(23)16-10-13-6-3-4-8-15(13)24-16/h3-4,6,8,12,14,16H,5,7,9-11H2,1-2H3/t14-,16+/m0/s1. The van der Waals surface area contributed by atoms with Crippen LogP contribution in [0.1, 0.15) is 55.8 Å². The number of ether oxygens (including phenoxy) is 1. The number of piperidine rings is 1. The summed E-state index contributed by atoms with van der Waals surface area (Å²) in [5.74, 6) is 2.62. The maximum atomic E-state index is 12.9. The fourth-order valence-corrected chi connectivity index (χ4v) is 3.56. The zero-order chi connectivity index (χ0) is 17.4. The van der Waals surface area contributed by atoms with E-state index in [1.165, 1.54) is 0 Å². The molecule has 132 valence electrons. The molecule has 3 heterocycles. The summed E-state index contributed by atoms with van der Waals surface area (Å²) in [6.07, 6.45) is 2.16. The molecule has 0 spiro atoms. The Kier molecular flexibility index (Phi) is 4.19. The van der Waals surface area contributed by atoms with Gasteiger partial charge in [-0.25, -0.2) is 0 Å². The lowest BCUT2D eigenvalue weighted by Crippen LogP contribution is -2.46. The van der Waals surface area contributed by atoms with Crippen molar-refractivity contribution >= 4 is 5.91 Å². The van der Waals surface area contributed by atoms with Crippen molar-refractivity contribution < 1.29 is 14.1 Å². The number of fused-ring (bicyclic) bond motifs is 1. The van der Waals surface area contributed by atoms with E-state index in [0.29, 0.717) is 18.9 Å². The van der Waals surface area contributed by atoms with Gasteiger partial charge in [-0.15, -0.1) is 0 Å². The van der Waals surface area contributed by atoms with Gasteiger partial charge in [-0.2, -0.15) is 4.98 Å². The Morgan fingerprint density at radius 1 is 1.32 bits per heavy atom. The molecule has 0 radical (unpaired) electrons. The number of para-hydroxylation sites is 1. The van der Waals surface area contributed by atoms with Crippen molar-refractivity contribution in [1.29, 1.82) is 0 Å². The first-order valence-electron chi connectivity index (χ1n) is 8.98. The van der Waals surface area contributed by atoms with Gasteiger partial charge in [-0.3, -0.25) is 4.79 Å². The lowest BCUT2D eigenvalue weighted by Gasteiger charge is -2.32. The highest BCUT2D eigenvalue weighted by Crippen LogP contribution is 2.31. The number of aromatic nitrogens is 2. The highest BCUT2D eigenvalue weighted by atomic mass is 16.5. The van der Waals surface area contributed by atoms with E-state index >= 15 is 0 Å². The maximum absolute atomic E-state index is 12.9. The van der Waals surface area contributed by atoms with Gasteiger partial charge in [0.05, 0.1) is 0 Å². The molecule has 4 rings (SSSR count). The SMILES string of the molecule is CC(C)c1nc([C@H]2CCCN(C(=O)[C@H]3Cc4ccccc4O3)C2)no1. The molecule has 1 amide bonds. The van der Waals surface area contributed by atoms with Crippen LogP contribution in [0.5, 0.6) is 5.75 Å². The summed E-state index contributed by atoms with van der Waals surface area (Å²) >= 11 is 0. The molecule has 2 aliphatic heterocycles. The molecular weight excluding hydrogens is 318 g/mol. The van der Waals surface area contributed by atoms with Gasteiger partial charge in [0.15, 0.2) is 11.9 Å². The normalized spacial score (nSPS) is 22.8. The molecule has 1 aromatic carbocycles. The van der Waals surface area contributed by atoms with Gasteiger partial charge in [0.1, 0.15) is 5.75 Å². The summed E-state index contributed by atoms with van der Waals surface area (Å²) in [6.45, 7) is 5.46. The minimum Gasteiger partial charge on any atom is -0.480 e. The molecule has 0 bridgehead atoms. The molecule has 1 saturated heterocycles. The molecule has 1 fully saturated rings. The lowest BCUT2D eigenvalue weighted by molar-refractivity contribution is -0.139. The smallest absolute Gasteiger partial charge is 0.264 e. The Hall–Kier alpha value is -2.37. The van der Waals surface area contributed by atoms with Crippen LogP contribution in [0.25, 0.3) is 0 Å². The second-order valence-electron chi connectivity index (χ2n) is 7.19. The van der Waals surface area contributed by atoms with Crippen LogP contribution in [0.2, 0.25) is 0 Å². The summed E-state index contributed by atoms with van der Waals surface area (Å²) in [6, 6.07) is 7.86. The first-order chi connectivity index (χ1) is 12.1. The molecule has 2 aromatic rings. The van der Waals surface area contributed by atoms with Gasteiger partial charge in [-0.05, 0) is 24.5 Å².